The van der Waals surface area contributed by atoms with Gasteiger partial charge in [-0.25, -0.2) is 4.79 Å². The first kappa shape index (κ1) is 18.0. The number of benzene rings is 2. The topological polar surface area (TPSA) is 50.4 Å². The lowest BCUT2D eigenvalue weighted by Crippen LogP contribution is -2.28. The Morgan fingerprint density at radius 3 is 2.38 bits per heavy atom. The molecule has 2 amide bonds. The summed E-state index contributed by atoms with van der Waals surface area (Å²) in [5.41, 5.74) is 4.26. The molecule has 0 aliphatic carbocycles. The van der Waals surface area contributed by atoms with E-state index >= 15 is 0 Å². The molecule has 0 atom stereocenters. The zero-order valence-corrected chi connectivity index (χ0v) is 14.5. The van der Waals surface area contributed by atoms with E-state index in [-0.39, 0.29) is 6.03 Å². The number of aryl methyl sites for hydroxylation is 1. The van der Waals surface area contributed by atoms with E-state index in [4.69, 9.17) is 4.74 Å². The van der Waals surface area contributed by atoms with Crippen molar-refractivity contribution in [1.82, 2.24) is 5.32 Å². The summed E-state index contributed by atoms with van der Waals surface area (Å²) >= 11 is 0. The standard InChI is InChI=1S/C20H26N2O2/c1-3-7-16-10-12-19(13-11-16)22-20(23)21-14-17-8-5-6-9-18(17)15-24-4-2/h5-6,8-13H,3-4,7,14-15H2,1-2H3,(H2,21,22,23). The average molecular weight is 326 g/mol. The lowest BCUT2D eigenvalue weighted by molar-refractivity contribution is 0.133. The molecule has 4 nitrogen and oxygen atoms in total. The van der Waals surface area contributed by atoms with E-state index < -0.39 is 0 Å². The second kappa shape index (κ2) is 9.73. The third kappa shape index (κ3) is 5.70. The van der Waals surface area contributed by atoms with Gasteiger partial charge in [-0.05, 0) is 42.2 Å². The number of hydrogen-bond donors (Lipinski definition) is 2. The smallest absolute Gasteiger partial charge is 0.319 e. The van der Waals surface area contributed by atoms with Gasteiger partial charge in [0, 0.05) is 18.8 Å². The minimum absolute atomic E-state index is 0.204. The summed E-state index contributed by atoms with van der Waals surface area (Å²) < 4.78 is 5.47. The van der Waals surface area contributed by atoms with Gasteiger partial charge in [0.2, 0.25) is 0 Å². The molecule has 0 fully saturated rings. The first-order chi connectivity index (χ1) is 11.7. The van der Waals surface area contributed by atoms with Gasteiger partial charge >= 0.3 is 6.03 Å². The Hall–Kier alpha value is -2.33. The molecule has 0 aliphatic heterocycles. The van der Waals surface area contributed by atoms with Crippen molar-refractivity contribution in [2.24, 2.45) is 0 Å². The van der Waals surface area contributed by atoms with Crippen LogP contribution in [0.5, 0.6) is 0 Å². The molecule has 2 aromatic rings. The zero-order chi connectivity index (χ0) is 17.2. The normalized spacial score (nSPS) is 10.4. The zero-order valence-electron chi connectivity index (χ0n) is 14.5. The molecule has 0 aliphatic rings. The fraction of sp³-hybridized carbons (Fsp3) is 0.350. The molecule has 0 bridgehead atoms. The lowest BCUT2D eigenvalue weighted by atomic mass is 10.1. The fourth-order valence-electron chi connectivity index (χ4n) is 2.48. The molecule has 0 spiro atoms. The second-order valence-corrected chi connectivity index (χ2v) is 5.66. The molecule has 0 saturated heterocycles. The Bertz CT molecular complexity index is 638. The van der Waals surface area contributed by atoms with Crippen LogP contribution in [0.3, 0.4) is 0 Å². The maximum Gasteiger partial charge on any atom is 0.319 e. The van der Waals surface area contributed by atoms with Crippen molar-refractivity contribution in [2.45, 2.75) is 39.8 Å². The van der Waals surface area contributed by atoms with Crippen LogP contribution in [-0.2, 0) is 24.3 Å². The lowest BCUT2D eigenvalue weighted by Gasteiger charge is -2.12. The first-order valence-electron chi connectivity index (χ1n) is 8.51. The molecule has 0 radical (unpaired) electrons. The molecule has 0 heterocycles. The van der Waals surface area contributed by atoms with Crippen LogP contribution in [0, 0.1) is 0 Å². The van der Waals surface area contributed by atoms with E-state index in [0.29, 0.717) is 19.8 Å². The summed E-state index contributed by atoms with van der Waals surface area (Å²) in [6.45, 7) is 5.84. The minimum Gasteiger partial charge on any atom is -0.377 e. The van der Waals surface area contributed by atoms with Gasteiger partial charge in [-0.2, -0.15) is 0 Å². The van der Waals surface area contributed by atoms with Gasteiger partial charge in [0.25, 0.3) is 0 Å². The van der Waals surface area contributed by atoms with Crippen molar-refractivity contribution in [3.05, 3.63) is 65.2 Å². The number of anilines is 1. The Kier molecular flexibility index (Phi) is 7.30. The first-order valence-corrected chi connectivity index (χ1v) is 8.51. The quantitative estimate of drug-likeness (QED) is 0.750. The van der Waals surface area contributed by atoms with Crippen LogP contribution in [0.25, 0.3) is 0 Å². The van der Waals surface area contributed by atoms with E-state index in [1.165, 1.54) is 5.56 Å². The third-order valence-corrected chi connectivity index (χ3v) is 3.77. The second-order valence-electron chi connectivity index (χ2n) is 5.66. The summed E-state index contributed by atoms with van der Waals surface area (Å²) in [4.78, 5) is 12.1. The summed E-state index contributed by atoms with van der Waals surface area (Å²) in [6, 6.07) is 15.8. The molecule has 2 N–H and O–H groups in total. The van der Waals surface area contributed by atoms with Crippen molar-refractivity contribution in [3.63, 3.8) is 0 Å². The van der Waals surface area contributed by atoms with Gasteiger partial charge in [0.1, 0.15) is 0 Å². The number of ether oxygens (including phenoxy) is 1. The van der Waals surface area contributed by atoms with Crippen LogP contribution in [0.15, 0.2) is 48.5 Å². The Labute approximate surface area is 144 Å². The molecule has 128 valence electrons. The van der Waals surface area contributed by atoms with E-state index in [0.717, 1.165) is 29.7 Å². The van der Waals surface area contributed by atoms with Crippen LogP contribution < -0.4 is 10.6 Å². The van der Waals surface area contributed by atoms with Gasteiger partial charge in [0.15, 0.2) is 0 Å². The molecule has 4 heteroatoms. The van der Waals surface area contributed by atoms with Crippen molar-refractivity contribution in [2.75, 3.05) is 11.9 Å². The molecule has 2 aromatic carbocycles. The average Bonchev–Trinajstić information content (AvgIpc) is 2.61. The highest BCUT2D eigenvalue weighted by Crippen LogP contribution is 2.12. The molecular formula is C20H26N2O2. The number of urea groups is 1. The minimum atomic E-state index is -0.204. The number of hydrogen-bond acceptors (Lipinski definition) is 2. The maximum absolute atomic E-state index is 12.1. The summed E-state index contributed by atoms with van der Waals surface area (Å²) in [6.07, 6.45) is 2.18. The van der Waals surface area contributed by atoms with Crippen molar-refractivity contribution >= 4 is 11.7 Å². The van der Waals surface area contributed by atoms with E-state index in [1.54, 1.807) is 0 Å². The highest BCUT2D eigenvalue weighted by molar-refractivity contribution is 5.89. The van der Waals surface area contributed by atoms with Gasteiger partial charge < -0.3 is 15.4 Å². The van der Waals surface area contributed by atoms with Crippen LogP contribution >= 0.6 is 0 Å². The van der Waals surface area contributed by atoms with Crippen molar-refractivity contribution in [3.8, 4) is 0 Å². The fourth-order valence-corrected chi connectivity index (χ4v) is 2.48. The summed E-state index contributed by atoms with van der Waals surface area (Å²) in [5, 5.41) is 5.76. The largest absolute Gasteiger partial charge is 0.377 e. The van der Waals surface area contributed by atoms with Crippen LogP contribution in [0.4, 0.5) is 10.5 Å². The molecule has 0 unspecified atom stereocenters. The summed E-state index contributed by atoms with van der Waals surface area (Å²) in [5.74, 6) is 0. The molecular weight excluding hydrogens is 300 g/mol. The number of nitrogens with one attached hydrogen (secondary N) is 2. The van der Waals surface area contributed by atoms with Gasteiger partial charge in [-0.15, -0.1) is 0 Å². The SMILES string of the molecule is CCCc1ccc(NC(=O)NCc2ccccc2COCC)cc1. The molecule has 0 aromatic heterocycles. The number of carbonyl (C=O) groups excluding carboxylic acids is 1. The van der Waals surface area contributed by atoms with Crippen LogP contribution in [0.2, 0.25) is 0 Å². The number of rotatable bonds is 8. The van der Waals surface area contributed by atoms with E-state index in [2.05, 4.69) is 29.7 Å². The van der Waals surface area contributed by atoms with Gasteiger partial charge in [-0.3, -0.25) is 0 Å². The molecule has 0 saturated carbocycles. The number of amides is 2. The Morgan fingerprint density at radius 2 is 1.71 bits per heavy atom. The highest BCUT2D eigenvalue weighted by atomic mass is 16.5. The highest BCUT2D eigenvalue weighted by Gasteiger charge is 2.05. The van der Waals surface area contributed by atoms with Crippen LogP contribution in [0.1, 0.15) is 37.0 Å². The summed E-state index contributed by atoms with van der Waals surface area (Å²) in [7, 11) is 0. The van der Waals surface area contributed by atoms with Crippen molar-refractivity contribution < 1.29 is 9.53 Å². The third-order valence-electron chi connectivity index (χ3n) is 3.77. The molecule has 24 heavy (non-hydrogen) atoms. The Morgan fingerprint density at radius 1 is 1.00 bits per heavy atom. The maximum atomic E-state index is 12.1. The Balaban J connectivity index is 1.87. The van der Waals surface area contributed by atoms with Gasteiger partial charge in [-0.1, -0.05) is 49.7 Å². The predicted octanol–water partition coefficient (Wildman–Crippen LogP) is 4.50. The molecule has 2 rings (SSSR count). The van der Waals surface area contributed by atoms with E-state index in [1.807, 2.05) is 43.3 Å². The monoisotopic (exact) mass is 326 g/mol. The van der Waals surface area contributed by atoms with E-state index in [9.17, 15) is 4.79 Å². The van der Waals surface area contributed by atoms with Crippen molar-refractivity contribution in [1.29, 1.82) is 0 Å². The van der Waals surface area contributed by atoms with Gasteiger partial charge in [0.05, 0.1) is 6.61 Å². The predicted molar refractivity (Wildman–Crippen MR) is 98.1 cm³/mol. The van der Waals surface area contributed by atoms with Crippen LogP contribution in [-0.4, -0.2) is 12.6 Å². The number of carbonyl (C=O) groups is 1.